The Bertz CT molecular complexity index is 4750. The van der Waals surface area contributed by atoms with E-state index >= 15 is 0 Å². The molecule has 1 aromatic heterocycles. The van der Waals surface area contributed by atoms with Gasteiger partial charge in [0.05, 0.1) is 11.4 Å². The Morgan fingerprint density at radius 3 is 1.47 bits per heavy atom. The fraction of sp³-hybridized carbons (Fsp3) is 0.122. The molecule has 0 atom stereocenters. The minimum absolute atomic E-state index is 0.275. The van der Waals surface area contributed by atoms with E-state index in [0.29, 0.717) is 0 Å². The number of rotatable bonds is 11. The van der Waals surface area contributed by atoms with Crippen LogP contribution in [0, 0.1) is 6.92 Å². The summed E-state index contributed by atoms with van der Waals surface area (Å²) in [6.45, 7) is 23.5. The highest BCUT2D eigenvalue weighted by molar-refractivity contribution is 7.26. The van der Waals surface area contributed by atoms with Gasteiger partial charge in [-0.15, -0.1) is 11.3 Å². The first-order valence-electron chi connectivity index (χ1n) is 30.1. The zero-order valence-electron chi connectivity index (χ0n) is 50.3. The number of benzene rings is 12. The molecule has 12 aromatic carbocycles. The van der Waals surface area contributed by atoms with Crippen LogP contribution in [-0.2, 0) is 5.41 Å². The summed E-state index contributed by atoms with van der Waals surface area (Å²) in [5, 5.41) is 9.99. The van der Waals surface area contributed by atoms with Crippen LogP contribution in [0.15, 0.2) is 249 Å². The lowest BCUT2D eigenvalue weighted by Gasteiger charge is -2.32. The summed E-state index contributed by atoms with van der Waals surface area (Å²) in [5.74, 6) is 0. The van der Waals surface area contributed by atoms with Crippen molar-refractivity contribution in [1.29, 1.82) is 0 Å². The van der Waals surface area contributed by atoms with E-state index in [2.05, 4.69) is 306 Å². The van der Waals surface area contributed by atoms with Crippen LogP contribution in [-0.4, -0.2) is 0 Å². The third-order valence-electron chi connectivity index (χ3n) is 16.9. The van der Waals surface area contributed by atoms with Gasteiger partial charge in [0.1, 0.15) is 0 Å². The first-order chi connectivity index (χ1) is 41.7. The van der Waals surface area contributed by atoms with Gasteiger partial charge in [-0.1, -0.05) is 230 Å². The number of hydrogen-bond acceptors (Lipinski definition) is 3. The van der Waals surface area contributed by atoms with Crippen molar-refractivity contribution in [2.45, 2.75) is 67.7 Å². The summed E-state index contributed by atoms with van der Waals surface area (Å²) in [6.07, 6.45) is 10.6. The normalized spacial score (nSPS) is 12.3. The van der Waals surface area contributed by atoms with Crippen LogP contribution in [0.3, 0.4) is 0 Å². The molecule has 0 unspecified atom stereocenters. The molecule has 14 rings (SSSR count). The standard InChI is InChI=1S/C78H60N2S.2C2H6/c1-7-18-52-31-37-62(42-51(52)9-3)80(74-29-17-24-54-21-11-14-26-66(54)74)64-45-60(44-63(49-64)79(61-36-30-50(4)56(43-61)19-8-2)73-28-16-23-53-20-10-13-25-65(53)73)58-33-39-69-68-38-32-57(46-71(68)78(5,6)72(69)47-58)59-34-40-70-76(48-59)81-75-41-35-55-22-12-15-27-67(55)77(70)75;2*1-2/h7-49H,3H2,1-2,4-6H3;2*1-2H3/b18-7-,19-8-;;. The summed E-state index contributed by atoms with van der Waals surface area (Å²) >= 11 is 1.89. The first kappa shape index (κ1) is 56.0. The van der Waals surface area contributed by atoms with Gasteiger partial charge in [0.15, 0.2) is 0 Å². The quantitative estimate of drug-likeness (QED) is 0.127. The molecule has 0 radical (unpaired) electrons. The van der Waals surface area contributed by atoms with Crippen LogP contribution in [0.25, 0.3) is 104 Å². The molecule has 1 heterocycles. The summed E-state index contributed by atoms with van der Waals surface area (Å²) in [5.41, 5.74) is 20.8. The van der Waals surface area contributed by atoms with E-state index in [1.165, 1.54) is 97.0 Å². The van der Waals surface area contributed by atoms with E-state index in [9.17, 15) is 0 Å². The van der Waals surface area contributed by atoms with Crippen molar-refractivity contribution in [3.8, 4) is 33.4 Å². The van der Waals surface area contributed by atoms with Gasteiger partial charge in [-0.05, 0) is 188 Å². The Kier molecular flexibility index (Phi) is 15.5. The fourth-order valence-corrected chi connectivity index (χ4v) is 14.0. The van der Waals surface area contributed by atoms with Gasteiger partial charge in [-0.25, -0.2) is 0 Å². The largest absolute Gasteiger partial charge is 0.310 e. The second-order valence-corrected chi connectivity index (χ2v) is 23.2. The molecule has 0 saturated heterocycles. The molecule has 2 nitrogen and oxygen atoms in total. The van der Waals surface area contributed by atoms with Crippen LogP contribution in [0.5, 0.6) is 0 Å². The van der Waals surface area contributed by atoms with Gasteiger partial charge >= 0.3 is 0 Å². The average Bonchev–Trinajstić information content (AvgIpc) is 2.32. The summed E-state index contributed by atoms with van der Waals surface area (Å²) in [6, 6.07) is 86.4. The number of fused-ring (bicyclic) bond motifs is 10. The van der Waals surface area contributed by atoms with Gasteiger partial charge in [-0.2, -0.15) is 0 Å². The maximum absolute atomic E-state index is 4.32. The fourth-order valence-electron chi connectivity index (χ4n) is 12.8. The Morgan fingerprint density at radius 1 is 0.388 bits per heavy atom. The second kappa shape index (κ2) is 23.6. The van der Waals surface area contributed by atoms with Gasteiger partial charge in [0, 0.05) is 59.1 Å². The Labute approximate surface area is 506 Å². The number of nitrogens with zero attached hydrogens (tertiary/aromatic N) is 2. The van der Waals surface area contributed by atoms with E-state index in [0.717, 1.165) is 56.4 Å². The molecule has 0 spiro atoms. The lowest BCUT2D eigenvalue weighted by molar-refractivity contribution is 0.661. The summed E-state index contributed by atoms with van der Waals surface area (Å²) in [4.78, 5) is 4.93. The first-order valence-corrected chi connectivity index (χ1v) is 31.0. The lowest BCUT2D eigenvalue weighted by atomic mass is 9.80. The molecule has 13 aromatic rings. The van der Waals surface area contributed by atoms with Gasteiger partial charge < -0.3 is 9.80 Å². The summed E-state index contributed by atoms with van der Waals surface area (Å²) in [7, 11) is 0. The molecule has 0 fully saturated rings. The van der Waals surface area contributed by atoms with Crippen LogP contribution in [0.4, 0.5) is 34.1 Å². The SMILES string of the molecule is C=Cc1cc(N(c2cc(-c3ccc4c(c3)C(C)(C)c3cc(-c5ccc6c(c5)sc5ccc7ccccc7c56)ccc3-4)cc(N(c3ccc(C)c(/C=C\C)c3)c3cccc4ccccc34)c2)c2cccc3ccccc23)ccc1/C=C\C.CC.CC. The highest BCUT2D eigenvalue weighted by Gasteiger charge is 2.36. The van der Waals surface area contributed by atoms with E-state index in [1.54, 1.807) is 0 Å². The van der Waals surface area contributed by atoms with Crippen LogP contribution >= 0.6 is 11.3 Å². The predicted molar refractivity (Wildman–Crippen MR) is 377 cm³/mol. The lowest BCUT2D eigenvalue weighted by Crippen LogP contribution is -2.15. The molecule has 85 heavy (non-hydrogen) atoms. The number of allylic oxidation sites excluding steroid dienone is 2. The smallest absolute Gasteiger partial charge is 0.0540 e. The maximum Gasteiger partial charge on any atom is 0.0540 e. The van der Waals surface area contributed by atoms with Gasteiger partial charge in [0.25, 0.3) is 0 Å². The molecule has 0 amide bonds. The number of aryl methyl sites for hydroxylation is 1. The molecule has 0 N–H and O–H groups in total. The monoisotopic (exact) mass is 1120 g/mol. The van der Waals surface area contributed by atoms with Crippen molar-refractivity contribution in [1.82, 2.24) is 0 Å². The third-order valence-corrected chi connectivity index (χ3v) is 18.0. The van der Waals surface area contributed by atoms with Crippen molar-refractivity contribution in [3.05, 3.63) is 283 Å². The highest BCUT2D eigenvalue weighted by Crippen LogP contribution is 2.53. The zero-order chi connectivity index (χ0) is 58.9. The topological polar surface area (TPSA) is 6.48 Å². The minimum atomic E-state index is -0.275. The molecule has 3 heteroatoms. The number of anilines is 6. The predicted octanol–water partition coefficient (Wildman–Crippen LogP) is 25.2. The van der Waals surface area contributed by atoms with E-state index in [-0.39, 0.29) is 5.41 Å². The number of hydrogen-bond donors (Lipinski definition) is 0. The molecule has 0 aliphatic heterocycles. The van der Waals surface area contributed by atoms with Crippen molar-refractivity contribution in [3.63, 3.8) is 0 Å². The molecular weight excluding hydrogens is 1040 g/mol. The third kappa shape index (κ3) is 10.0. The van der Waals surface area contributed by atoms with E-state index in [1.807, 2.05) is 45.1 Å². The second-order valence-electron chi connectivity index (χ2n) is 22.1. The Morgan fingerprint density at radius 2 is 0.882 bits per heavy atom. The van der Waals surface area contributed by atoms with Crippen molar-refractivity contribution >= 4 is 116 Å². The van der Waals surface area contributed by atoms with Crippen LogP contribution in [0.2, 0.25) is 0 Å². The van der Waals surface area contributed by atoms with E-state index in [4.69, 9.17) is 0 Å². The highest BCUT2D eigenvalue weighted by atomic mass is 32.1. The van der Waals surface area contributed by atoms with E-state index < -0.39 is 0 Å². The molecular formula is C82H72N2S. The molecule has 1 aliphatic carbocycles. The van der Waals surface area contributed by atoms with Crippen molar-refractivity contribution < 1.29 is 0 Å². The number of thiophene rings is 1. The molecule has 0 bridgehead atoms. The maximum atomic E-state index is 4.32. The average molecular weight is 1120 g/mol. The molecule has 416 valence electrons. The van der Waals surface area contributed by atoms with Crippen molar-refractivity contribution in [2.24, 2.45) is 0 Å². The van der Waals surface area contributed by atoms with Crippen LogP contribution < -0.4 is 9.80 Å². The van der Waals surface area contributed by atoms with Gasteiger partial charge in [0.2, 0.25) is 0 Å². The Balaban J connectivity index is 0.00000174. The Hall–Kier alpha value is -9.54. The van der Waals surface area contributed by atoms with Gasteiger partial charge in [-0.3, -0.25) is 0 Å². The van der Waals surface area contributed by atoms with Crippen LogP contribution in [0.1, 0.15) is 88.8 Å². The molecule has 0 saturated carbocycles. The summed E-state index contributed by atoms with van der Waals surface area (Å²) < 4.78 is 2.65. The molecule has 1 aliphatic rings. The van der Waals surface area contributed by atoms with Crippen molar-refractivity contribution in [2.75, 3.05) is 9.80 Å². The zero-order valence-corrected chi connectivity index (χ0v) is 51.2. The minimum Gasteiger partial charge on any atom is -0.310 e.